The predicted octanol–water partition coefficient (Wildman–Crippen LogP) is 1.95. The van der Waals surface area contributed by atoms with Gasteiger partial charge in [0.2, 0.25) is 5.91 Å². The third kappa shape index (κ3) is 3.58. The van der Waals surface area contributed by atoms with Crippen LogP contribution in [0.5, 0.6) is 0 Å². The molecule has 0 aromatic rings. The maximum absolute atomic E-state index is 12.1. The van der Waals surface area contributed by atoms with Crippen LogP contribution in [0.1, 0.15) is 32.6 Å². The van der Waals surface area contributed by atoms with Crippen molar-refractivity contribution < 1.29 is 4.79 Å². The molecular formula is C12H22N2OS2. The molecule has 0 radical (unpaired) electrons. The molecule has 1 aliphatic carbocycles. The smallest absolute Gasteiger partial charge is 0.233 e. The number of carbonyl (C=O) groups is 1. The van der Waals surface area contributed by atoms with E-state index in [9.17, 15) is 4.79 Å². The van der Waals surface area contributed by atoms with Gasteiger partial charge in [-0.2, -0.15) is 11.8 Å². The molecule has 0 aromatic heterocycles. The Morgan fingerprint density at radius 1 is 1.53 bits per heavy atom. The summed E-state index contributed by atoms with van der Waals surface area (Å²) in [4.78, 5) is 12.4. The van der Waals surface area contributed by atoms with E-state index < -0.39 is 5.41 Å². The van der Waals surface area contributed by atoms with E-state index >= 15 is 0 Å². The van der Waals surface area contributed by atoms with Gasteiger partial charge >= 0.3 is 0 Å². The summed E-state index contributed by atoms with van der Waals surface area (Å²) in [5.41, 5.74) is 5.17. The third-order valence-corrected chi connectivity index (χ3v) is 4.45. The van der Waals surface area contributed by atoms with Crippen molar-refractivity contribution in [2.75, 3.05) is 18.6 Å². The summed E-state index contributed by atoms with van der Waals surface area (Å²) in [5.74, 6) is 1.74. The topological polar surface area (TPSA) is 55.1 Å². The average molecular weight is 274 g/mol. The molecule has 98 valence electrons. The molecule has 0 aromatic carbocycles. The highest BCUT2D eigenvalue weighted by Crippen LogP contribution is 2.45. The molecule has 1 amide bonds. The molecule has 0 spiro atoms. The molecule has 0 atom stereocenters. The third-order valence-electron chi connectivity index (χ3n) is 3.36. The van der Waals surface area contributed by atoms with Crippen LogP contribution < -0.4 is 11.1 Å². The number of rotatable bonds is 7. The van der Waals surface area contributed by atoms with Gasteiger partial charge in [0.05, 0.1) is 10.4 Å². The number of nitrogens with two attached hydrogens (primary N) is 1. The Bertz CT molecular complexity index is 288. The molecule has 0 bridgehead atoms. The van der Waals surface area contributed by atoms with Gasteiger partial charge in [-0.1, -0.05) is 19.1 Å². The molecule has 1 aliphatic rings. The number of hydrogen-bond donors (Lipinski definition) is 2. The molecule has 3 nitrogen and oxygen atoms in total. The van der Waals surface area contributed by atoms with E-state index in [4.69, 9.17) is 18.0 Å². The van der Waals surface area contributed by atoms with Crippen LogP contribution in [0.25, 0.3) is 0 Å². The first-order valence-electron chi connectivity index (χ1n) is 6.10. The van der Waals surface area contributed by atoms with E-state index in [1.165, 1.54) is 0 Å². The van der Waals surface area contributed by atoms with Crippen molar-refractivity contribution in [1.82, 2.24) is 5.32 Å². The standard InChI is InChI=1S/C12H22N2OS2/c1-9-7-12(8-9,10(13)16)11(15)14-5-3-4-6-17-2/h9H,3-8H2,1-2H3,(H2,13,16)(H,14,15). The number of carbonyl (C=O) groups excluding carboxylic acids is 1. The molecule has 17 heavy (non-hydrogen) atoms. The second-order valence-corrected chi connectivity index (χ2v) is 6.34. The van der Waals surface area contributed by atoms with Crippen molar-refractivity contribution >= 4 is 34.9 Å². The lowest BCUT2D eigenvalue weighted by Gasteiger charge is -2.44. The molecule has 1 saturated carbocycles. The minimum absolute atomic E-state index is 0.0345. The molecule has 0 heterocycles. The minimum atomic E-state index is -0.547. The number of thioether (sulfide) groups is 1. The van der Waals surface area contributed by atoms with Gasteiger partial charge in [0, 0.05) is 6.54 Å². The molecule has 3 N–H and O–H groups in total. The fourth-order valence-corrected chi connectivity index (χ4v) is 3.12. The van der Waals surface area contributed by atoms with Gasteiger partial charge in [0.25, 0.3) is 0 Å². The Morgan fingerprint density at radius 3 is 2.65 bits per heavy atom. The van der Waals surface area contributed by atoms with Gasteiger partial charge in [-0.25, -0.2) is 0 Å². The summed E-state index contributed by atoms with van der Waals surface area (Å²) >= 11 is 6.88. The zero-order valence-corrected chi connectivity index (χ0v) is 12.3. The monoisotopic (exact) mass is 274 g/mol. The van der Waals surface area contributed by atoms with Crippen LogP contribution in [0.3, 0.4) is 0 Å². The summed E-state index contributed by atoms with van der Waals surface area (Å²) in [6.45, 7) is 2.86. The van der Waals surface area contributed by atoms with E-state index in [0.29, 0.717) is 10.9 Å². The highest BCUT2D eigenvalue weighted by atomic mass is 32.2. The Balaban J connectivity index is 2.33. The SMILES string of the molecule is CSCCCCNC(=O)C1(C(N)=S)CC(C)C1. The largest absolute Gasteiger partial charge is 0.392 e. The van der Waals surface area contributed by atoms with Crippen molar-refractivity contribution in [3.63, 3.8) is 0 Å². The van der Waals surface area contributed by atoms with E-state index in [0.717, 1.165) is 38.0 Å². The first-order valence-corrected chi connectivity index (χ1v) is 7.90. The number of amides is 1. The van der Waals surface area contributed by atoms with Gasteiger partial charge in [0.15, 0.2) is 0 Å². The summed E-state index contributed by atoms with van der Waals surface area (Å²) in [6, 6.07) is 0. The van der Waals surface area contributed by atoms with Crippen LogP contribution in [0.4, 0.5) is 0 Å². The van der Waals surface area contributed by atoms with Gasteiger partial charge in [-0.05, 0) is 43.6 Å². The first kappa shape index (κ1) is 14.8. The average Bonchev–Trinajstić information content (AvgIpc) is 2.23. The number of hydrogen-bond acceptors (Lipinski definition) is 3. The van der Waals surface area contributed by atoms with Crippen LogP contribution in [0.2, 0.25) is 0 Å². The summed E-state index contributed by atoms with van der Waals surface area (Å²) in [6.07, 6.45) is 5.86. The molecule has 5 heteroatoms. The van der Waals surface area contributed by atoms with E-state index in [2.05, 4.69) is 18.5 Å². The lowest BCUT2D eigenvalue weighted by atomic mass is 9.62. The van der Waals surface area contributed by atoms with Gasteiger partial charge in [0.1, 0.15) is 0 Å². The molecule has 1 rings (SSSR count). The van der Waals surface area contributed by atoms with Crippen molar-refractivity contribution in [3.05, 3.63) is 0 Å². The Hall–Kier alpha value is -0.290. The molecule has 0 unspecified atom stereocenters. The van der Waals surface area contributed by atoms with Crippen molar-refractivity contribution in [1.29, 1.82) is 0 Å². The van der Waals surface area contributed by atoms with Crippen LogP contribution in [0, 0.1) is 11.3 Å². The maximum Gasteiger partial charge on any atom is 0.233 e. The van der Waals surface area contributed by atoms with Crippen LogP contribution in [-0.2, 0) is 4.79 Å². The van der Waals surface area contributed by atoms with Gasteiger partial charge < -0.3 is 11.1 Å². The van der Waals surface area contributed by atoms with Gasteiger partial charge in [-0.15, -0.1) is 0 Å². The van der Waals surface area contributed by atoms with E-state index in [1.54, 1.807) is 0 Å². The lowest BCUT2D eigenvalue weighted by molar-refractivity contribution is -0.132. The normalized spacial score (nSPS) is 27.3. The number of thiocarbonyl (C=S) groups is 1. The van der Waals surface area contributed by atoms with Crippen LogP contribution in [0.15, 0.2) is 0 Å². The Kier molecular flexibility index (Phi) is 5.73. The quantitative estimate of drug-likeness (QED) is 0.550. The molecule has 0 saturated heterocycles. The van der Waals surface area contributed by atoms with Crippen LogP contribution >= 0.6 is 24.0 Å². The lowest BCUT2D eigenvalue weighted by Crippen LogP contribution is -2.56. The van der Waals surface area contributed by atoms with E-state index in [-0.39, 0.29) is 5.91 Å². The first-order chi connectivity index (χ1) is 8.03. The summed E-state index contributed by atoms with van der Waals surface area (Å²) in [5, 5.41) is 2.97. The highest BCUT2D eigenvalue weighted by Gasteiger charge is 2.50. The predicted molar refractivity (Wildman–Crippen MR) is 78.2 cm³/mol. The minimum Gasteiger partial charge on any atom is -0.392 e. The van der Waals surface area contributed by atoms with Gasteiger partial charge in [-0.3, -0.25) is 4.79 Å². The van der Waals surface area contributed by atoms with Crippen molar-refractivity contribution in [3.8, 4) is 0 Å². The fourth-order valence-electron chi connectivity index (χ4n) is 2.37. The zero-order chi connectivity index (χ0) is 12.9. The highest BCUT2D eigenvalue weighted by molar-refractivity contribution is 7.98. The van der Waals surface area contributed by atoms with Crippen molar-refractivity contribution in [2.24, 2.45) is 17.1 Å². The second-order valence-electron chi connectivity index (χ2n) is 4.92. The maximum atomic E-state index is 12.1. The Morgan fingerprint density at radius 2 is 2.18 bits per heavy atom. The van der Waals surface area contributed by atoms with E-state index in [1.807, 2.05) is 11.8 Å². The Labute approximate surface area is 113 Å². The number of nitrogens with one attached hydrogen (secondary N) is 1. The second kappa shape index (κ2) is 6.59. The molecule has 0 aliphatic heterocycles. The zero-order valence-electron chi connectivity index (χ0n) is 10.6. The number of unbranched alkanes of at least 4 members (excludes halogenated alkanes) is 1. The fraction of sp³-hybridized carbons (Fsp3) is 0.833. The summed E-state index contributed by atoms with van der Waals surface area (Å²) in [7, 11) is 0. The van der Waals surface area contributed by atoms with Crippen LogP contribution in [-0.4, -0.2) is 29.4 Å². The summed E-state index contributed by atoms with van der Waals surface area (Å²) < 4.78 is 0. The molecular weight excluding hydrogens is 252 g/mol. The molecule has 1 fully saturated rings. The van der Waals surface area contributed by atoms with Crippen molar-refractivity contribution in [2.45, 2.75) is 32.6 Å².